The van der Waals surface area contributed by atoms with Gasteiger partial charge in [0.1, 0.15) is 0 Å². The van der Waals surface area contributed by atoms with Crippen molar-refractivity contribution in [1.29, 1.82) is 0 Å². The van der Waals surface area contributed by atoms with Gasteiger partial charge in [0, 0.05) is 43.9 Å². The van der Waals surface area contributed by atoms with E-state index in [-0.39, 0.29) is 17.9 Å². The van der Waals surface area contributed by atoms with Crippen LogP contribution < -0.4 is 5.32 Å². The van der Waals surface area contributed by atoms with Crippen LogP contribution >= 0.6 is 11.8 Å². The van der Waals surface area contributed by atoms with Gasteiger partial charge < -0.3 is 10.2 Å². The number of amides is 2. The Morgan fingerprint density at radius 3 is 2.67 bits per heavy atom. The summed E-state index contributed by atoms with van der Waals surface area (Å²) in [5.74, 6) is 0.754. The van der Waals surface area contributed by atoms with E-state index in [4.69, 9.17) is 0 Å². The van der Waals surface area contributed by atoms with Gasteiger partial charge in [-0.1, -0.05) is 30.0 Å². The normalized spacial score (nSPS) is 15.0. The third-order valence-electron chi connectivity index (χ3n) is 4.70. The van der Waals surface area contributed by atoms with Crippen molar-refractivity contribution >= 4 is 23.6 Å². The molecule has 0 saturated carbocycles. The summed E-state index contributed by atoms with van der Waals surface area (Å²) in [6, 6.07) is 7.69. The lowest BCUT2D eigenvalue weighted by Crippen LogP contribution is -2.46. The molecule has 27 heavy (non-hydrogen) atoms. The van der Waals surface area contributed by atoms with E-state index in [9.17, 15) is 9.59 Å². The molecule has 144 valence electrons. The standard InChI is InChI=1S/C18H24N6O2S/c1-13-5-3-4-6-15(13)17(26)19-14-7-10-24(11-8-14)16(25)9-12-27-18-20-21-22-23(18)2/h3-6,14H,7-12H2,1-2H3,(H,19,26). The molecule has 1 saturated heterocycles. The van der Waals surface area contributed by atoms with E-state index in [1.165, 1.54) is 11.8 Å². The number of likely N-dealkylation sites (tertiary alicyclic amines) is 1. The van der Waals surface area contributed by atoms with E-state index in [0.717, 1.165) is 18.4 Å². The molecular weight excluding hydrogens is 364 g/mol. The zero-order chi connectivity index (χ0) is 19.2. The van der Waals surface area contributed by atoms with Crippen molar-refractivity contribution in [3.8, 4) is 0 Å². The average molecular weight is 388 g/mol. The molecule has 1 fully saturated rings. The summed E-state index contributed by atoms with van der Waals surface area (Å²) in [5, 5.41) is 15.0. The van der Waals surface area contributed by atoms with Gasteiger partial charge in [0.15, 0.2) is 0 Å². The number of hydrogen-bond acceptors (Lipinski definition) is 6. The smallest absolute Gasteiger partial charge is 0.251 e. The number of tetrazole rings is 1. The zero-order valence-corrected chi connectivity index (χ0v) is 16.4. The molecule has 1 aliphatic heterocycles. The van der Waals surface area contributed by atoms with Crippen LogP contribution in [0.1, 0.15) is 35.2 Å². The number of rotatable bonds is 6. The molecule has 0 atom stereocenters. The number of nitrogens with zero attached hydrogens (tertiary/aromatic N) is 5. The first kappa shape index (κ1) is 19.3. The first-order chi connectivity index (χ1) is 13.0. The number of benzene rings is 1. The summed E-state index contributed by atoms with van der Waals surface area (Å²) >= 11 is 1.48. The molecular formula is C18H24N6O2S. The maximum Gasteiger partial charge on any atom is 0.251 e. The van der Waals surface area contributed by atoms with E-state index in [1.54, 1.807) is 11.7 Å². The van der Waals surface area contributed by atoms with Crippen LogP contribution in [-0.4, -0.2) is 61.8 Å². The van der Waals surface area contributed by atoms with E-state index in [2.05, 4.69) is 20.8 Å². The number of aromatic nitrogens is 4. The first-order valence-electron chi connectivity index (χ1n) is 9.04. The Balaban J connectivity index is 1.40. The van der Waals surface area contributed by atoms with Crippen molar-refractivity contribution in [2.75, 3.05) is 18.8 Å². The molecule has 0 aliphatic carbocycles. The summed E-state index contributed by atoms with van der Waals surface area (Å²) in [5.41, 5.74) is 1.68. The molecule has 3 rings (SSSR count). The summed E-state index contributed by atoms with van der Waals surface area (Å²) in [6.45, 7) is 3.28. The number of hydrogen-bond donors (Lipinski definition) is 1. The van der Waals surface area contributed by atoms with Gasteiger partial charge in [0.25, 0.3) is 5.91 Å². The molecule has 1 aromatic heterocycles. The van der Waals surface area contributed by atoms with Gasteiger partial charge in [-0.3, -0.25) is 9.59 Å². The van der Waals surface area contributed by atoms with Crippen molar-refractivity contribution in [1.82, 2.24) is 30.4 Å². The minimum absolute atomic E-state index is 0.0356. The summed E-state index contributed by atoms with van der Waals surface area (Å²) < 4.78 is 1.60. The van der Waals surface area contributed by atoms with Gasteiger partial charge in [0.2, 0.25) is 11.1 Å². The second-order valence-corrected chi connectivity index (χ2v) is 7.69. The van der Waals surface area contributed by atoms with Crippen LogP contribution in [0.5, 0.6) is 0 Å². The Kier molecular flexibility index (Phi) is 6.44. The van der Waals surface area contributed by atoms with E-state index >= 15 is 0 Å². The Hall–Kier alpha value is -2.42. The number of carbonyl (C=O) groups excluding carboxylic acids is 2. The summed E-state index contributed by atoms with van der Waals surface area (Å²) in [6.07, 6.45) is 2.02. The van der Waals surface area contributed by atoms with Crippen molar-refractivity contribution in [2.45, 2.75) is 37.4 Å². The quantitative estimate of drug-likeness (QED) is 0.753. The molecule has 0 spiro atoms. The van der Waals surface area contributed by atoms with Crippen LogP contribution in [0.4, 0.5) is 0 Å². The monoisotopic (exact) mass is 388 g/mol. The van der Waals surface area contributed by atoms with Crippen LogP contribution in [0.3, 0.4) is 0 Å². The number of carbonyl (C=O) groups is 2. The molecule has 1 aromatic carbocycles. The topological polar surface area (TPSA) is 93.0 Å². The highest BCUT2D eigenvalue weighted by Crippen LogP contribution is 2.17. The molecule has 0 radical (unpaired) electrons. The SMILES string of the molecule is Cc1ccccc1C(=O)NC1CCN(C(=O)CCSc2nnnn2C)CC1. The molecule has 1 aliphatic rings. The third-order valence-corrected chi connectivity index (χ3v) is 5.71. The minimum Gasteiger partial charge on any atom is -0.349 e. The fraction of sp³-hybridized carbons (Fsp3) is 0.500. The largest absolute Gasteiger partial charge is 0.349 e. The highest BCUT2D eigenvalue weighted by molar-refractivity contribution is 7.99. The van der Waals surface area contributed by atoms with Gasteiger partial charge in [-0.05, 0) is 41.8 Å². The van der Waals surface area contributed by atoms with Crippen molar-refractivity contribution in [3.63, 3.8) is 0 Å². The van der Waals surface area contributed by atoms with E-state index in [1.807, 2.05) is 36.1 Å². The molecule has 8 nitrogen and oxygen atoms in total. The minimum atomic E-state index is -0.0356. The fourth-order valence-corrected chi connectivity index (χ4v) is 3.87. The molecule has 2 aromatic rings. The van der Waals surface area contributed by atoms with Crippen molar-refractivity contribution in [2.24, 2.45) is 7.05 Å². The lowest BCUT2D eigenvalue weighted by Gasteiger charge is -2.32. The maximum absolute atomic E-state index is 12.4. The molecule has 0 bridgehead atoms. The second-order valence-electron chi connectivity index (χ2n) is 6.63. The molecule has 2 amide bonds. The van der Waals surface area contributed by atoms with Gasteiger partial charge in [0.05, 0.1) is 0 Å². The number of aryl methyl sites for hydroxylation is 2. The van der Waals surface area contributed by atoms with Gasteiger partial charge >= 0.3 is 0 Å². The predicted octanol–water partition coefficient (Wildman–Crippen LogP) is 1.42. The van der Waals surface area contributed by atoms with Crippen LogP contribution in [0, 0.1) is 6.92 Å². The number of nitrogens with one attached hydrogen (secondary N) is 1. The van der Waals surface area contributed by atoms with E-state index in [0.29, 0.717) is 36.0 Å². The van der Waals surface area contributed by atoms with Gasteiger partial charge in [-0.2, -0.15) is 0 Å². The Bertz CT molecular complexity index is 801. The van der Waals surface area contributed by atoms with Crippen molar-refractivity contribution in [3.05, 3.63) is 35.4 Å². The Morgan fingerprint density at radius 1 is 1.26 bits per heavy atom. The summed E-state index contributed by atoms with van der Waals surface area (Å²) in [4.78, 5) is 26.7. The van der Waals surface area contributed by atoms with Crippen LogP contribution in [0.15, 0.2) is 29.4 Å². The predicted molar refractivity (Wildman–Crippen MR) is 102 cm³/mol. The van der Waals surface area contributed by atoms with Crippen molar-refractivity contribution < 1.29 is 9.59 Å². The second kappa shape index (κ2) is 8.98. The van der Waals surface area contributed by atoms with E-state index < -0.39 is 0 Å². The maximum atomic E-state index is 12.4. The highest BCUT2D eigenvalue weighted by atomic mass is 32.2. The van der Waals surface area contributed by atoms with Crippen LogP contribution in [0.2, 0.25) is 0 Å². The molecule has 2 heterocycles. The highest BCUT2D eigenvalue weighted by Gasteiger charge is 2.24. The summed E-state index contributed by atoms with van der Waals surface area (Å²) in [7, 11) is 1.78. The third kappa shape index (κ3) is 5.06. The number of thioether (sulfide) groups is 1. The number of piperidine rings is 1. The Labute approximate surface area is 162 Å². The first-order valence-corrected chi connectivity index (χ1v) is 10.0. The molecule has 9 heteroatoms. The van der Waals surface area contributed by atoms with Crippen LogP contribution in [-0.2, 0) is 11.8 Å². The lowest BCUT2D eigenvalue weighted by atomic mass is 10.0. The van der Waals surface area contributed by atoms with Gasteiger partial charge in [-0.25, -0.2) is 4.68 Å². The zero-order valence-electron chi connectivity index (χ0n) is 15.6. The van der Waals surface area contributed by atoms with Gasteiger partial charge in [-0.15, -0.1) is 5.10 Å². The molecule has 0 unspecified atom stereocenters. The Morgan fingerprint density at radius 2 is 2.00 bits per heavy atom. The van der Waals surface area contributed by atoms with Crippen LogP contribution in [0.25, 0.3) is 0 Å². The molecule has 1 N–H and O–H groups in total. The fourth-order valence-electron chi connectivity index (χ4n) is 3.10. The lowest BCUT2D eigenvalue weighted by molar-refractivity contribution is -0.131. The average Bonchev–Trinajstić information content (AvgIpc) is 3.07.